The lowest BCUT2D eigenvalue weighted by Gasteiger charge is -2.29. The van der Waals surface area contributed by atoms with Crippen molar-refractivity contribution in [2.75, 3.05) is 39.5 Å². The topological polar surface area (TPSA) is 85.9 Å². The van der Waals surface area contributed by atoms with Crippen LogP contribution in [0.5, 0.6) is 0 Å². The SMILES string of the molecule is CCC(C)OCC(=O)NCCOCCOC(C)(C)C(F)CNC(=O)C(C)C. The molecule has 0 spiro atoms. The van der Waals surface area contributed by atoms with E-state index >= 15 is 0 Å². The lowest BCUT2D eigenvalue weighted by atomic mass is 10.0. The molecule has 27 heavy (non-hydrogen) atoms. The maximum absolute atomic E-state index is 14.2. The van der Waals surface area contributed by atoms with Gasteiger partial charge in [0.2, 0.25) is 11.8 Å². The molecule has 0 heterocycles. The van der Waals surface area contributed by atoms with Crippen LogP contribution in [-0.2, 0) is 23.8 Å². The first-order valence-electron chi connectivity index (χ1n) is 9.61. The Kier molecular flexibility index (Phi) is 13.2. The second kappa shape index (κ2) is 13.8. The molecule has 2 unspecified atom stereocenters. The zero-order valence-corrected chi connectivity index (χ0v) is 17.6. The van der Waals surface area contributed by atoms with Gasteiger partial charge >= 0.3 is 0 Å². The van der Waals surface area contributed by atoms with Crippen LogP contribution in [0.3, 0.4) is 0 Å². The molecule has 0 fully saturated rings. The average molecular weight is 393 g/mol. The van der Waals surface area contributed by atoms with Gasteiger partial charge in [-0.3, -0.25) is 9.59 Å². The summed E-state index contributed by atoms with van der Waals surface area (Å²) in [5.74, 6) is -0.551. The van der Waals surface area contributed by atoms with Crippen LogP contribution in [-0.4, -0.2) is 69.2 Å². The Morgan fingerprint density at radius 3 is 2.33 bits per heavy atom. The standard InChI is InChI=1S/C19H37FN2O5/c1-7-15(4)26-13-17(23)21-8-9-25-10-11-27-19(5,6)16(20)12-22-18(24)14(2)3/h14-16H,7-13H2,1-6H3,(H,21,23)(H,22,24). The van der Waals surface area contributed by atoms with Gasteiger partial charge in [0.25, 0.3) is 0 Å². The van der Waals surface area contributed by atoms with Crippen molar-refractivity contribution in [3.63, 3.8) is 0 Å². The van der Waals surface area contributed by atoms with Crippen LogP contribution in [0.2, 0.25) is 0 Å². The Hall–Kier alpha value is -1.25. The zero-order valence-electron chi connectivity index (χ0n) is 17.6. The van der Waals surface area contributed by atoms with Gasteiger partial charge in [-0.2, -0.15) is 0 Å². The highest BCUT2D eigenvalue weighted by molar-refractivity contribution is 5.77. The van der Waals surface area contributed by atoms with E-state index in [1.54, 1.807) is 27.7 Å². The van der Waals surface area contributed by atoms with Gasteiger partial charge < -0.3 is 24.8 Å². The lowest BCUT2D eigenvalue weighted by Crippen LogP contribution is -2.45. The van der Waals surface area contributed by atoms with Crippen LogP contribution >= 0.6 is 0 Å². The minimum atomic E-state index is -1.33. The third-order valence-electron chi connectivity index (χ3n) is 4.08. The maximum atomic E-state index is 14.2. The van der Waals surface area contributed by atoms with Crippen LogP contribution in [0.15, 0.2) is 0 Å². The molecule has 0 aromatic rings. The molecule has 2 amide bonds. The summed E-state index contributed by atoms with van der Waals surface area (Å²) >= 11 is 0. The van der Waals surface area contributed by atoms with Crippen molar-refractivity contribution in [3.8, 4) is 0 Å². The van der Waals surface area contributed by atoms with E-state index in [1.165, 1.54) is 0 Å². The number of ether oxygens (including phenoxy) is 3. The van der Waals surface area contributed by atoms with E-state index in [9.17, 15) is 14.0 Å². The van der Waals surface area contributed by atoms with Crippen LogP contribution < -0.4 is 10.6 Å². The van der Waals surface area contributed by atoms with Gasteiger partial charge in [-0.05, 0) is 27.2 Å². The molecule has 0 aliphatic carbocycles. The molecular weight excluding hydrogens is 355 g/mol. The summed E-state index contributed by atoms with van der Waals surface area (Å²) in [5, 5.41) is 5.26. The third-order valence-corrected chi connectivity index (χ3v) is 4.08. The molecule has 0 aromatic heterocycles. The second-order valence-electron chi connectivity index (χ2n) is 7.31. The zero-order chi connectivity index (χ0) is 20.9. The fraction of sp³-hybridized carbons (Fsp3) is 0.895. The van der Waals surface area contributed by atoms with E-state index in [4.69, 9.17) is 14.2 Å². The summed E-state index contributed by atoms with van der Waals surface area (Å²) in [4.78, 5) is 23.0. The van der Waals surface area contributed by atoms with E-state index in [0.717, 1.165) is 6.42 Å². The van der Waals surface area contributed by atoms with Gasteiger partial charge in [0.15, 0.2) is 0 Å². The summed E-state index contributed by atoms with van der Waals surface area (Å²) in [5.41, 5.74) is -1.03. The number of amides is 2. The van der Waals surface area contributed by atoms with Crippen LogP contribution in [0, 0.1) is 5.92 Å². The predicted molar refractivity (Wildman–Crippen MR) is 102 cm³/mol. The Balaban J connectivity index is 3.78. The molecular formula is C19H37FN2O5. The smallest absolute Gasteiger partial charge is 0.246 e. The molecule has 0 saturated carbocycles. The van der Waals surface area contributed by atoms with E-state index < -0.39 is 11.8 Å². The van der Waals surface area contributed by atoms with Crippen molar-refractivity contribution in [1.82, 2.24) is 10.6 Å². The average Bonchev–Trinajstić information content (AvgIpc) is 2.62. The first kappa shape index (κ1) is 25.8. The lowest BCUT2D eigenvalue weighted by molar-refractivity contribution is -0.127. The minimum Gasteiger partial charge on any atom is -0.377 e. The number of rotatable bonds is 15. The van der Waals surface area contributed by atoms with E-state index in [-0.39, 0.29) is 50.2 Å². The normalized spacial score (nSPS) is 14.1. The maximum Gasteiger partial charge on any atom is 0.246 e. The summed E-state index contributed by atoms with van der Waals surface area (Å²) in [6, 6.07) is 0. The molecule has 0 rings (SSSR count). The summed E-state index contributed by atoms with van der Waals surface area (Å²) < 4.78 is 30.5. The van der Waals surface area contributed by atoms with Crippen LogP contribution in [0.4, 0.5) is 4.39 Å². The van der Waals surface area contributed by atoms with Gasteiger partial charge in [0, 0.05) is 12.5 Å². The molecule has 7 nitrogen and oxygen atoms in total. The van der Waals surface area contributed by atoms with E-state index in [1.807, 2.05) is 13.8 Å². The molecule has 0 bridgehead atoms. The van der Waals surface area contributed by atoms with E-state index in [2.05, 4.69) is 10.6 Å². The Bertz CT molecular complexity index is 432. The van der Waals surface area contributed by atoms with Crippen molar-refractivity contribution in [3.05, 3.63) is 0 Å². The van der Waals surface area contributed by atoms with Gasteiger partial charge in [-0.25, -0.2) is 4.39 Å². The molecule has 0 aromatic carbocycles. The number of hydrogen-bond acceptors (Lipinski definition) is 5. The monoisotopic (exact) mass is 392 g/mol. The van der Waals surface area contributed by atoms with Gasteiger partial charge in [0.05, 0.1) is 38.1 Å². The molecule has 0 aliphatic heterocycles. The molecule has 0 radical (unpaired) electrons. The number of carbonyl (C=O) groups is 2. The number of halogens is 1. The highest BCUT2D eigenvalue weighted by atomic mass is 19.1. The Morgan fingerprint density at radius 2 is 1.74 bits per heavy atom. The molecule has 2 atom stereocenters. The fourth-order valence-corrected chi connectivity index (χ4v) is 1.85. The molecule has 0 aliphatic rings. The second-order valence-corrected chi connectivity index (χ2v) is 7.31. The largest absolute Gasteiger partial charge is 0.377 e. The van der Waals surface area contributed by atoms with E-state index in [0.29, 0.717) is 13.2 Å². The first-order valence-corrected chi connectivity index (χ1v) is 9.61. The molecule has 2 N–H and O–H groups in total. The molecule has 0 saturated heterocycles. The Morgan fingerprint density at radius 1 is 1.07 bits per heavy atom. The quantitative estimate of drug-likeness (QED) is 0.415. The van der Waals surface area contributed by atoms with Crippen molar-refractivity contribution >= 4 is 11.8 Å². The highest BCUT2D eigenvalue weighted by Gasteiger charge is 2.30. The predicted octanol–water partition coefficient (Wildman–Crippen LogP) is 1.84. The summed E-state index contributed by atoms with van der Waals surface area (Å²) in [6.07, 6.45) is -0.410. The van der Waals surface area contributed by atoms with Crippen LogP contribution in [0.25, 0.3) is 0 Å². The fourth-order valence-electron chi connectivity index (χ4n) is 1.85. The van der Waals surface area contributed by atoms with Gasteiger partial charge in [-0.15, -0.1) is 0 Å². The van der Waals surface area contributed by atoms with Crippen molar-refractivity contribution < 1.29 is 28.2 Å². The Labute approximate surface area is 162 Å². The summed E-state index contributed by atoms with van der Waals surface area (Å²) in [6.45, 7) is 11.8. The van der Waals surface area contributed by atoms with Crippen molar-refractivity contribution in [2.24, 2.45) is 5.92 Å². The minimum absolute atomic E-state index is 0.0392. The third kappa shape index (κ3) is 12.7. The number of hydrogen-bond donors (Lipinski definition) is 2. The molecule has 8 heteroatoms. The highest BCUT2D eigenvalue weighted by Crippen LogP contribution is 2.17. The van der Waals surface area contributed by atoms with Crippen molar-refractivity contribution in [1.29, 1.82) is 0 Å². The number of nitrogens with one attached hydrogen (secondary N) is 2. The van der Waals surface area contributed by atoms with Crippen molar-refractivity contribution in [2.45, 2.75) is 65.8 Å². The van der Waals surface area contributed by atoms with Gasteiger partial charge in [0.1, 0.15) is 12.8 Å². The number of carbonyl (C=O) groups excluding carboxylic acids is 2. The van der Waals surface area contributed by atoms with Gasteiger partial charge in [-0.1, -0.05) is 20.8 Å². The molecule has 160 valence electrons. The summed E-state index contributed by atoms with van der Waals surface area (Å²) in [7, 11) is 0. The van der Waals surface area contributed by atoms with Crippen LogP contribution in [0.1, 0.15) is 48.0 Å². The number of alkyl halides is 1. The first-order chi connectivity index (χ1) is 12.6.